The van der Waals surface area contributed by atoms with Crippen LogP contribution in [0, 0.1) is 0 Å². The van der Waals surface area contributed by atoms with Gasteiger partial charge in [0.15, 0.2) is 0 Å². The van der Waals surface area contributed by atoms with Gasteiger partial charge in [-0.1, -0.05) is 40.9 Å². The molecule has 2 aromatic rings. The van der Waals surface area contributed by atoms with E-state index in [1.165, 1.54) is 0 Å². The van der Waals surface area contributed by atoms with Crippen LogP contribution >= 0.6 is 46.6 Å². The second-order valence-corrected chi connectivity index (χ2v) is 6.41. The number of rotatable bonds is 4. The Kier molecular flexibility index (Phi) is 5.43. The average molecular weight is 333 g/mol. The lowest BCUT2D eigenvalue weighted by Crippen LogP contribution is -2.13. The van der Waals surface area contributed by atoms with Crippen LogP contribution in [0.2, 0.25) is 15.1 Å². The molecule has 0 aliphatic rings. The van der Waals surface area contributed by atoms with E-state index in [9.17, 15) is 0 Å². The first kappa shape index (κ1) is 15.0. The van der Waals surface area contributed by atoms with Crippen molar-refractivity contribution < 1.29 is 0 Å². The van der Waals surface area contributed by atoms with Gasteiger partial charge in [-0.05, 0) is 42.0 Å². The van der Waals surface area contributed by atoms with Crippen LogP contribution in [0.4, 0.5) is 0 Å². The van der Waals surface area contributed by atoms with Gasteiger partial charge in [0.25, 0.3) is 0 Å². The second-order valence-electron chi connectivity index (χ2n) is 4.04. The molecule has 0 saturated carbocycles. The summed E-state index contributed by atoms with van der Waals surface area (Å²) in [5.41, 5.74) is 7.02. The van der Waals surface area contributed by atoms with Gasteiger partial charge in [0.1, 0.15) is 0 Å². The Bertz CT molecular complexity index is 574. The fourth-order valence-electron chi connectivity index (χ4n) is 1.63. The average Bonchev–Trinajstić information content (AvgIpc) is 2.39. The molecule has 2 rings (SSSR count). The highest BCUT2D eigenvalue weighted by Crippen LogP contribution is 2.30. The van der Waals surface area contributed by atoms with Crippen molar-refractivity contribution in [2.24, 2.45) is 5.73 Å². The molecule has 1 atom stereocenters. The standard InChI is InChI=1S/C14H12Cl3NS/c15-9-2-1-3-11(6-9)19-8-14(18)12-7-10(16)4-5-13(12)17/h1-7,14H,8,18H2. The van der Waals surface area contributed by atoms with Crippen molar-refractivity contribution in [3.8, 4) is 0 Å². The molecule has 0 bridgehead atoms. The Labute approximate surface area is 132 Å². The minimum atomic E-state index is -0.171. The lowest BCUT2D eigenvalue weighted by Gasteiger charge is -2.14. The maximum Gasteiger partial charge on any atom is 0.0455 e. The molecule has 5 heteroatoms. The topological polar surface area (TPSA) is 26.0 Å². The fourth-order valence-corrected chi connectivity index (χ4v) is 3.26. The van der Waals surface area contributed by atoms with Crippen molar-refractivity contribution in [3.05, 3.63) is 63.1 Å². The van der Waals surface area contributed by atoms with Crippen LogP contribution in [-0.2, 0) is 0 Å². The first-order valence-electron chi connectivity index (χ1n) is 5.65. The lowest BCUT2D eigenvalue weighted by atomic mass is 10.1. The molecule has 0 aliphatic carbocycles. The van der Waals surface area contributed by atoms with Gasteiger partial charge < -0.3 is 5.73 Å². The first-order valence-corrected chi connectivity index (χ1v) is 7.77. The Morgan fingerprint density at radius 1 is 1.00 bits per heavy atom. The molecule has 0 aromatic heterocycles. The highest BCUT2D eigenvalue weighted by molar-refractivity contribution is 7.99. The Morgan fingerprint density at radius 2 is 1.74 bits per heavy atom. The van der Waals surface area contributed by atoms with Gasteiger partial charge in [0.05, 0.1) is 0 Å². The summed E-state index contributed by atoms with van der Waals surface area (Å²) in [6.07, 6.45) is 0. The summed E-state index contributed by atoms with van der Waals surface area (Å²) in [4.78, 5) is 1.08. The second kappa shape index (κ2) is 6.87. The van der Waals surface area contributed by atoms with Crippen LogP contribution in [-0.4, -0.2) is 5.75 Å². The van der Waals surface area contributed by atoms with Crippen LogP contribution in [0.25, 0.3) is 0 Å². The van der Waals surface area contributed by atoms with Crippen molar-refractivity contribution in [1.29, 1.82) is 0 Å². The third-order valence-electron chi connectivity index (χ3n) is 2.58. The minimum Gasteiger partial charge on any atom is -0.323 e. The van der Waals surface area contributed by atoms with Crippen molar-refractivity contribution in [2.45, 2.75) is 10.9 Å². The summed E-state index contributed by atoms with van der Waals surface area (Å²) in [6.45, 7) is 0. The smallest absolute Gasteiger partial charge is 0.0455 e. The molecule has 1 unspecified atom stereocenters. The van der Waals surface area contributed by atoms with Gasteiger partial charge in [-0.15, -0.1) is 11.8 Å². The van der Waals surface area contributed by atoms with E-state index >= 15 is 0 Å². The highest BCUT2D eigenvalue weighted by atomic mass is 35.5. The van der Waals surface area contributed by atoms with Crippen molar-refractivity contribution in [1.82, 2.24) is 0 Å². The molecule has 0 amide bonds. The molecule has 0 fully saturated rings. The number of benzene rings is 2. The Hall–Kier alpha value is -0.380. The summed E-state index contributed by atoms with van der Waals surface area (Å²) in [6, 6.07) is 12.8. The summed E-state index contributed by atoms with van der Waals surface area (Å²) < 4.78 is 0. The minimum absolute atomic E-state index is 0.171. The number of hydrogen-bond donors (Lipinski definition) is 1. The van der Waals surface area contributed by atoms with Crippen molar-refractivity contribution >= 4 is 46.6 Å². The Morgan fingerprint density at radius 3 is 2.47 bits per heavy atom. The summed E-state index contributed by atoms with van der Waals surface area (Å²) in [7, 11) is 0. The molecular weight excluding hydrogens is 321 g/mol. The molecule has 0 spiro atoms. The van der Waals surface area contributed by atoms with Crippen LogP contribution in [0.1, 0.15) is 11.6 Å². The van der Waals surface area contributed by atoms with Gasteiger partial charge >= 0.3 is 0 Å². The van der Waals surface area contributed by atoms with Gasteiger partial charge in [0, 0.05) is 31.8 Å². The molecule has 2 N–H and O–H groups in total. The fraction of sp³-hybridized carbons (Fsp3) is 0.143. The van der Waals surface area contributed by atoms with Crippen molar-refractivity contribution in [2.75, 3.05) is 5.75 Å². The van der Waals surface area contributed by atoms with E-state index < -0.39 is 0 Å². The van der Waals surface area contributed by atoms with E-state index in [1.807, 2.05) is 30.3 Å². The van der Waals surface area contributed by atoms with E-state index in [2.05, 4.69) is 0 Å². The van der Waals surface area contributed by atoms with Gasteiger partial charge in [-0.3, -0.25) is 0 Å². The molecule has 0 radical (unpaired) electrons. The maximum atomic E-state index is 6.15. The summed E-state index contributed by atoms with van der Waals surface area (Å²) >= 11 is 19.7. The number of halogens is 3. The third-order valence-corrected chi connectivity index (χ3v) is 4.51. The Balaban J connectivity index is 2.05. The first-order chi connectivity index (χ1) is 9.06. The quantitative estimate of drug-likeness (QED) is 0.754. The van der Waals surface area contributed by atoms with Crippen LogP contribution in [0.3, 0.4) is 0 Å². The predicted molar refractivity (Wildman–Crippen MR) is 85.6 cm³/mol. The van der Waals surface area contributed by atoms with Crippen molar-refractivity contribution in [3.63, 3.8) is 0 Å². The lowest BCUT2D eigenvalue weighted by molar-refractivity contribution is 0.831. The maximum absolute atomic E-state index is 6.15. The molecule has 0 saturated heterocycles. The molecular formula is C14H12Cl3NS. The number of nitrogens with two attached hydrogens (primary N) is 1. The molecule has 0 aliphatic heterocycles. The SMILES string of the molecule is NC(CSc1cccc(Cl)c1)c1cc(Cl)ccc1Cl. The van der Waals surface area contributed by atoms with E-state index in [0.29, 0.717) is 15.8 Å². The van der Waals surface area contributed by atoms with Gasteiger partial charge in [-0.25, -0.2) is 0 Å². The normalized spacial score (nSPS) is 12.4. The molecule has 1 nitrogen and oxygen atoms in total. The summed E-state index contributed by atoms with van der Waals surface area (Å²) in [5, 5.41) is 2.01. The number of thioether (sulfide) groups is 1. The number of hydrogen-bond acceptors (Lipinski definition) is 2. The zero-order valence-electron chi connectivity index (χ0n) is 9.95. The van der Waals surface area contributed by atoms with E-state index in [0.717, 1.165) is 15.5 Å². The summed E-state index contributed by atoms with van der Waals surface area (Å²) in [5.74, 6) is 0.709. The molecule has 100 valence electrons. The zero-order valence-corrected chi connectivity index (χ0v) is 13.0. The monoisotopic (exact) mass is 331 g/mol. The zero-order chi connectivity index (χ0) is 13.8. The largest absolute Gasteiger partial charge is 0.323 e. The van der Waals surface area contributed by atoms with E-state index in [1.54, 1.807) is 23.9 Å². The van der Waals surface area contributed by atoms with Gasteiger partial charge in [0.2, 0.25) is 0 Å². The van der Waals surface area contributed by atoms with Crippen LogP contribution in [0.5, 0.6) is 0 Å². The van der Waals surface area contributed by atoms with E-state index in [-0.39, 0.29) is 6.04 Å². The molecule has 0 heterocycles. The molecule has 19 heavy (non-hydrogen) atoms. The third kappa shape index (κ3) is 4.30. The molecule has 2 aromatic carbocycles. The van der Waals surface area contributed by atoms with Gasteiger partial charge in [-0.2, -0.15) is 0 Å². The highest BCUT2D eigenvalue weighted by Gasteiger charge is 2.11. The van der Waals surface area contributed by atoms with E-state index in [4.69, 9.17) is 40.5 Å². The predicted octanol–water partition coefficient (Wildman–Crippen LogP) is 5.44. The van der Waals surface area contributed by atoms with Crippen LogP contribution in [0.15, 0.2) is 47.4 Å². The van der Waals surface area contributed by atoms with Crippen LogP contribution < -0.4 is 5.73 Å².